The monoisotopic (exact) mass is 234 g/mol. The van der Waals surface area contributed by atoms with Crippen LogP contribution in [0.3, 0.4) is 0 Å². The van der Waals surface area contributed by atoms with Gasteiger partial charge in [-0.2, -0.15) is 0 Å². The van der Waals surface area contributed by atoms with Gasteiger partial charge in [0.05, 0.1) is 22.6 Å². The van der Waals surface area contributed by atoms with Gasteiger partial charge >= 0.3 is 0 Å². The summed E-state index contributed by atoms with van der Waals surface area (Å²) in [4.78, 5) is 29.5. The first-order valence-corrected chi connectivity index (χ1v) is 5.66. The largest absolute Gasteiger partial charge is 0.350 e. The number of carbonyl (C=O) groups is 2. The number of aldehydes is 1. The van der Waals surface area contributed by atoms with Crippen LogP contribution < -0.4 is 0 Å². The molecule has 0 spiro atoms. The highest BCUT2D eigenvalue weighted by atomic mass is 32.1. The van der Waals surface area contributed by atoms with E-state index in [0.29, 0.717) is 28.2 Å². The number of nitrogens with zero attached hydrogens (tertiary/aromatic N) is 1. The van der Waals surface area contributed by atoms with Crippen molar-refractivity contribution in [1.29, 1.82) is 0 Å². The third-order valence-corrected chi connectivity index (χ3v) is 3.04. The van der Waals surface area contributed by atoms with E-state index >= 15 is 0 Å². The molecule has 5 heteroatoms. The Morgan fingerprint density at radius 1 is 1.56 bits per heavy atom. The molecule has 16 heavy (non-hydrogen) atoms. The van der Waals surface area contributed by atoms with Crippen molar-refractivity contribution in [3.8, 4) is 11.4 Å². The molecule has 2 heterocycles. The van der Waals surface area contributed by atoms with Crippen LogP contribution in [0.4, 0.5) is 0 Å². The SMILES string of the molecule is CC(=O)c1[nH]c(-c2cscn2)c(C=O)c1C. The van der Waals surface area contributed by atoms with Crippen LogP contribution in [-0.4, -0.2) is 22.0 Å². The van der Waals surface area contributed by atoms with Crippen molar-refractivity contribution in [1.82, 2.24) is 9.97 Å². The van der Waals surface area contributed by atoms with Gasteiger partial charge in [-0.25, -0.2) is 4.98 Å². The van der Waals surface area contributed by atoms with Gasteiger partial charge in [0.25, 0.3) is 0 Å². The van der Waals surface area contributed by atoms with Crippen molar-refractivity contribution < 1.29 is 9.59 Å². The summed E-state index contributed by atoms with van der Waals surface area (Å²) in [5.74, 6) is -0.0814. The molecule has 0 bridgehead atoms. The number of hydrogen-bond acceptors (Lipinski definition) is 4. The maximum atomic E-state index is 11.4. The molecule has 0 saturated carbocycles. The van der Waals surface area contributed by atoms with E-state index < -0.39 is 0 Å². The molecule has 0 amide bonds. The molecule has 1 N–H and O–H groups in total. The highest BCUT2D eigenvalue weighted by Crippen LogP contribution is 2.26. The van der Waals surface area contributed by atoms with E-state index in [9.17, 15) is 9.59 Å². The third-order valence-electron chi connectivity index (χ3n) is 2.46. The van der Waals surface area contributed by atoms with Gasteiger partial charge < -0.3 is 4.98 Å². The lowest BCUT2D eigenvalue weighted by atomic mass is 10.1. The second-order valence-electron chi connectivity index (χ2n) is 3.46. The molecule has 0 saturated heterocycles. The Labute approximate surface area is 96.3 Å². The maximum absolute atomic E-state index is 11.4. The molecule has 0 aliphatic heterocycles. The van der Waals surface area contributed by atoms with Gasteiger partial charge in [0.15, 0.2) is 12.1 Å². The minimum atomic E-state index is -0.0814. The van der Waals surface area contributed by atoms with Crippen molar-refractivity contribution in [3.63, 3.8) is 0 Å². The van der Waals surface area contributed by atoms with Gasteiger partial charge in [0, 0.05) is 17.9 Å². The van der Waals surface area contributed by atoms with E-state index in [1.165, 1.54) is 18.3 Å². The van der Waals surface area contributed by atoms with Crippen molar-refractivity contribution in [2.45, 2.75) is 13.8 Å². The average molecular weight is 234 g/mol. The molecule has 82 valence electrons. The molecule has 0 aromatic carbocycles. The highest BCUT2D eigenvalue weighted by Gasteiger charge is 2.18. The van der Waals surface area contributed by atoms with Gasteiger partial charge in [-0.05, 0) is 12.5 Å². The summed E-state index contributed by atoms with van der Waals surface area (Å²) in [6.45, 7) is 3.23. The fourth-order valence-corrected chi connectivity index (χ4v) is 2.19. The number of nitrogens with one attached hydrogen (secondary N) is 1. The van der Waals surface area contributed by atoms with E-state index in [2.05, 4.69) is 9.97 Å². The summed E-state index contributed by atoms with van der Waals surface area (Å²) in [6, 6.07) is 0. The number of thiazole rings is 1. The fourth-order valence-electron chi connectivity index (χ4n) is 1.65. The van der Waals surface area contributed by atoms with Crippen LogP contribution in [-0.2, 0) is 0 Å². The molecule has 2 aromatic heterocycles. The minimum Gasteiger partial charge on any atom is -0.350 e. The summed E-state index contributed by atoms with van der Waals surface area (Å²) in [5.41, 5.74) is 4.68. The number of ketones is 1. The van der Waals surface area contributed by atoms with Crippen LogP contribution in [0.1, 0.15) is 33.3 Å². The average Bonchev–Trinajstić information content (AvgIpc) is 2.83. The van der Waals surface area contributed by atoms with Crippen LogP contribution in [0.5, 0.6) is 0 Å². The second kappa shape index (κ2) is 4.02. The Kier molecular flexibility index (Phi) is 2.70. The van der Waals surface area contributed by atoms with Gasteiger partial charge in [-0.1, -0.05) is 0 Å². The van der Waals surface area contributed by atoms with Crippen LogP contribution >= 0.6 is 11.3 Å². The number of hydrogen-bond donors (Lipinski definition) is 1. The summed E-state index contributed by atoms with van der Waals surface area (Å²) in [5, 5.41) is 1.84. The molecule has 0 unspecified atom stereocenters. The summed E-state index contributed by atoms with van der Waals surface area (Å²) < 4.78 is 0. The first-order valence-electron chi connectivity index (χ1n) is 4.72. The molecule has 0 atom stereocenters. The normalized spacial score (nSPS) is 10.4. The zero-order chi connectivity index (χ0) is 11.7. The second-order valence-corrected chi connectivity index (χ2v) is 4.18. The highest BCUT2D eigenvalue weighted by molar-refractivity contribution is 7.07. The Balaban J connectivity index is 2.66. The fraction of sp³-hybridized carbons (Fsp3) is 0.182. The van der Waals surface area contributed by atoms with E-state index in [0.717, 1.165) is 6.29 Å². The number of Topliss-reactive ketones (excluding diaryl/α,β-unsaturated/α-hetero) is 1. The third kappa shape index (κ3) is 1.59. The van der Waals surface area contributed by atoms with Gasteiger partial charge in [-0.3, -0.25) is 9.59 Å². The van der Waals surface area contributed by atoms with E-state index in [1.54, 1.807) is 12.4 Å². The van der Waals surface area contributed by atoms with Gasteiger partial charge in [-0.15, -0.1) is 11.3 Å². The Morgan fingerprint density at radius 2 is 2.31 bits per heavy atom. The van der Waals surface area contributed by atoms with Crippen molar-refractivity contribution >= 4 is 23.4 Å². The molecule has 0 aliphatic rings. The lowest BCUT2D eigenvalue weighted by molar-refractivity contribution is 0.101. The zero-order valence-electron chi connectivity index (χ0n) is 8.90. The van der Waals surface area contributed by atoms with Crippen LogP contribution in [0.25, 0.3) is 11.4 Å². The smallest absolute Gasteiger partial charge is 0.176 e. The first kappa shape index (κ1) is 10.8. The number of aromatic amines is 1. The number of aromatic nitrogens is 2. The quantitative estimate of drug-likeness (QED) is 0.655. The summed E-state index contributed by atoms with van der Waals surface area (Å²) in [7, 11) is 0. The first-order chi connectivity index (χ1) is 7.65. The zero-order valence-corrected chi connectivity index (χ0v) is 9.72. The minimum absolute atomic E-state index is 0.0814. The molecule has 2 aromatic rings. The lowest BCUT2D eigenvalue weighted by Gasteiger charge is -1.92. The van der Waals surface area contributed by atoms with Crippen LogP contribution in [0, 0.1) is 6.92 Å². The topological polar surface area (TPSA) is 62.8 Å². The summed E-state index contributed by atoms with van der Waals surface area (Å²) in [6.07, 6.45) is 0.757. The number of H-pyrrole nitrogens is 1. The Bertz CT molecular complexity index is 541. The van der Waals surface area contributed by atoms with Crippen LogP contribution in [0.2, 0.25) is 0 Å². The number of rotatable bonds is 3. The van der Waals surface area contributed by atoms with E-state index in [4.69, 9.17) is 0 Å². The van der Waals surface area contributed by atoms with Gasteiger partial charge in [0.1, 0.15) is 0 Å². The van der Waals surface area contributed by atoms with Crippen LogP contribution in [0.15, 0.2) is 10.9 Å². The molecular formula is C11H10N2O2S. The predicted octanol–water partition coefficient (Wildman–Crippen LogP) is 2.46. The summed E-state index contributed by atoms with van der Waals surface area (Å²) >= 11 is 1.45. The standard InChI is InChI=1S/C11H10N2O2S/c1-6-8(3-14)11(9-4-16-5-12-9)13-10(6)7(2)15/h3-5,13H,1-2H3. The molecule has 0 fully saturated rings. The Morgan fingerprint density at radius 3 is 2.81 bits per heavy atom. The van der Waals surface area contributed by atoms with Crippen molar-refractivity contribution in [2.75, 3.05) is 0 Å². The van der Waals surface area contributed by atoms with Gasteiger partial charge in [0.2, 0.25) is 0 Å². The predicted molar refractivity (Wildman–Crippen MR) is 62.0 cm³/mol. The van der Waals surface area contributed by atoms with E-state index in [-0.39, 0.29) is 5.78 Å². The van der Waals surface area contributed by atoms with Crippen molar-refractivity contribution in [2.24, 2.45) is 0 Å². The molecule has 4 nitrogen and oxygen atoms in total. The molecule has 0 radical (unpaired) electrons. The maximum Gasteiger partial charge on any atom is 0.176 e. The number of carbonyl (C=O) groups excluding carboxylic acids is 2. The van der Waals surface area contributed by atoms with Crippen molar-refractivity contribution in [3.05, 3.63) is 27.7 Å². The molecular weight excluding hydrogens is 224 g/mol. The van der Waals surface area contributed by atoms with E-state index in [1.807, 2.05) is 5.38 Å². The lowest BCUT2D eigenvalue weighted by Crippen LogP contribution is -1.94. The molecule has 0 aliphatic carbocycles. The molecule has 2 rings (SSSR count). The Hall–Kier alpha value is -1.75.